The van der Waals surface area contributed by atoms with Crippen LogP contribution in [0.25, 0.3) is 11.0 Å². The SMILES string of the molecule is O=c1[nH]c2cc(Cc3ccccc3)cc(N3CCNCC3)c2[nH]1. The van der Waals surface area contributed by atoms with E-state index in [0.29, 0.717) is 0 Å². The van der Waals surface area contributed by atoms with Crippen molar-refractivity contribution in [2.24, 2.45) is 0 Å². The van der Waals surface area contributed by atoms with Gasteiger partial charge in [0.1, 0.15) is 0 Å². The molecule has 1 aromatic heterocycles. The maximum Gasteiger partial charge on any atom is 0.323 e. The van der Waals surface area contributed by atoms with Crippen molar-refractivity contribution in [1.82, 2.24) is 15.3 Å². The van der Waals surface area contributed by atoms with E-state index >= 15 is 0 Å². The molecule has 1 fully saturated rings. The van der Waals surface area contributed by atoms with Gasteiger partial charge in [0.2, 0.25) is 0 Å². The lowest BCUT2D eigenvalue weighted by atomic mass is 10.0. The van der Waals surface area contributed by atoms with Crippen LogP contribution in [0.4, 0.5) is 5.69 Å². The summed E-state index contributed by atoms with van der Waals surface area (Å²) in [4.78, 5) is 19.9. The van der Waals surface area contributed by atoms with Gasteiger partial charge in [-0.3, -0.25) is 0 Å². The number of benzene rings is 2. The zero-order valence-electron chi connectivity index (χ0n) is 12.9. The lowest BCUT2D eigenvalue weighted by Gasteiger charge is -2.30. The Labute approximate surface area is 134 Å². The number of anilines is 1. The summed E-state index contributed by atoms with van der Waals surface area (Å²) in [6.07, 6.45) is 0.864. The molecule has 0 radical (unpaired) electrons. The molecule has 2 heterocycles. The summed E-state index contributed by atoms with van der Waals surface area (Å²) in [6, 6.07) is 14.7. The molecule has 3 N–H and O–H groups in total. The number of nitrogens with zero attached hydrogens (tertiary/aromatic N) is 1. The quantitative estimate of drug-likeness (QED) is 0.692. The monoisotopic (exact) mass is 308 g/mol. The number of H-pyrrole nitrogens is 2. The zero-order chi connectivity index (χ0) is 15.6. The largest absolute Gasteiger partial charge is 0.367 e. The third-order valence-corrected chi connectivity index (χ3v) is 4.37. The highest BCUT2D eigenvalue weighted by atomic mass is 16.1. The number of rotatable bonds is 3. The Balaban J connectivity index is 1.78. The molecule has 5 nitrogen and oxygen atoms in total. The van der Waals surface area contributed by atoms with Crippen molar-refractivity contribution in [2.75, 3.05) is 31.1 Å². The van der Waals surface area contributed by atoms with Gasteiger partial charge in [-0.25, -0.2) is 4.79 Å². The Morgan fingerprint density at radius 1 is 0.957 bits per heavy atom. The Kier molecular flexibility index (Phi) is 3.63. The molecule has 0 saturated carbocycles. The molecule has 0 bridgehead atoms. The molecule has 23 heavy (non-hydrogen) atoms. The van der Waals surface area contributed by atoms with Crippen LogP contribution in [0.5, 0.6) is 0 Å². The number of hydrogen-bond acceptors (Lipinski definition) is 3. The minimum atomic E-state index is -0.145. The van der Waals surface area contributed by atoms with Crippen LogP contribution in [0.3, 0.4) is 0 Å². The van der Waals surface area contributed by atoms with Crippen molar-refractivity contribution in [3.8, 4) is 0 Å². The zero-order valence-corrected chi connectivity index (χ0v) is 12.9. The molecule has 0 aliphatic carbocycles. The number of piperazine rings is 1. The van der Waals surface area contributed by atoms with Gasteiger partial charge in [0.15, 0.2) is 0 Å². The van der Waals surface area contributed by atoms with E-state index in [-0.39, 0.29) is 5.69 Å². The summed E-state index contributed by atoms with van der Waals surface area (Å²) < 4.78 is 0. The van der Waals surface area contributed by atoms with Gasteiger partial charge < -0.3 is 20.2 Å². The number of hydrogen-bond donors (Lipinski definition) is 3. The second-order valence-corrected chi connectivity index (χ2v) is 6.02. The number of fused-ring (bicyclic) bond motifs is 1. The van der Waals surface area contributed by atoms with Crippen LogP contribution in [0, 0.1) is 0 Å². The summed E-state index contributed by atoms with van der Waals surface area (Å²) in [6.45, 7) is 3.85. The van der Waals surface area contributed by atoms with Crippen LogP contribution in [-0.2, 0) is 6.42 Å². The van der Waals surface area contributed by atoms with E-state index in [1.165, 1.54) is 11.1 Å². The summed E-state index contributed by atoms with van der Waals surface area (Å²) in [5, 5.41) is 3.37. The van der Waals surface area contributed by atoms with Gasteiger partial charge in [0, 0.05) is 26.2 Å². The Morgan fingerprint density at radius 3 is 2.52 bits per heavy atom. The highest BCUT2D eigenvalue weighted by molar-refractivity contribution is 5.89. The smallest absolute Gasteiger partial charge is 0.323 e. The van der Waals surface area contributed by atoms with E-state index < -0.39 is 0 Å². The van der Waals surface area contributed by atoms with Gasteiger partial charge >= 0.3 is 5.69 Å². The van der Waals surface area contributed by atoms with Crippen molar-refractivity contribution in [1.29, 1.82) is 0 Å². The maximum absolute atomic E-state index is 11.8. The molecule has 1 aliphatic heterocycles. The van der Waals surface area contributed by atoms with Crippen LogP contribution in [0.2, 0.25) is 0 Å². The van der Waals surface area contributed by atoms with Gasteiger partial charge in [-0.1, -0.05) is 30.3 Å². The van der Waals surface area contributed by atoms with Gasteiger partial charge in [-0.15, -0.1) is 0 Å². The summed E-state index contributed by atoms with van der Waals surface area (Å²) in [5.41, 5.74) is 5.26. The number of aromatic nitrogens is 2. The Morgan fingerprint density at radius 2 is 1.74 bits per heavy atom. The molecular weight excluding hydrogens is 288 g/mol. The van der Waals surface area contributed by atoms with Crippen molar-refractivity contribution in [3.05, 3.63) is 64.1 Å². The maximum atomic E-state index is 11.8. The highest BCUT2D eigenvalue weighted by Crippen LogP contribution is 2.27. The van der Waals surface area contributed by atoms with E-state index in [1.807, 2.05) is 6.07 Å². The number of nitrogens with one attached hydrogen (secondary N) is 3. The Hall–Kier alpha value is -2.53. The summed E-state index contributed by atoms with van der Waals surface area (Å²) in [5.74, 6) is 0. The minimum absolute atomic E-state index is 0.145. The molecule has 5 heteroatoms. The first-order chi connectivity index (χ1) is 11.3. The van der Waals surface area contributed by atoms with E-state index in [1.54, 1.807) is 0 Å². The van der Waals surface area contributed by atoms with Gasteiger partial charge in [0.25, 0.3) is 0 Å². The molecular formula is C18H20N4O. The van der Waals surface area contributed by atoms with E-state index in [9.17, 15) is 4.79 Å². The first kappa shape index (κ1) is 14.1. The normalized spacial score (nSPS) is 15.2. The second kappa shape index (κ2) is 5.93. The number of imidazole rings is 1. The molecule has 2 aromatic carbocycles. The van der Waals surface area contributed by atoms with E-state index in [2.05, 4.69) is 56.6 Å². The fraction of sp³-hybridized carbons (Fsp3) is 0.278. The number of aromatic amines is 2. The van der Waals surface area contributed by atoms with Crippen molar-refractivity contribution >= 4 is 16.7 Å². The van der Waals surface area contributed by atoms with Crippen LogP contribution >= 0.6 is 0 Å². The van der Waals surface area contributed by atoms with Crippen molar-refractivity contribution in [3.63, 3.8) is 0 Å². The third kappa shape index (κ3) is 2.87. The first-order valence-corrected chi connectivity index (χ1v) is 8.04. The second-order valence-electron chi connectivity index (χ2n) is 6.02. The highest BCUT2D eigenvalue weighted by Gasteiger charge is 2.16. The molecule has 1 aliphatic rings. The van der Waals surface area contributed by atoms with E-state index in [0.717, 1.165) is 49.3 Å². The topological polar surface area (TPSA) is 63.9 Å². The molecule has 1 saturated heterocycles. The Bertz CT molecular complexity index is 860. The van der Waals surface area contributed by atoms with Gasteiger partial charge in [0.05, 0.1) is 16.7 Å². The van der Waals surface area contributed by atoms with Gasteiger partial charge in [-0.2, -0.15) is 0 Å². The van der Waals surface area contributed by atoms with E-state index in [4.69, 9.17) is 0 Å². The molecule has 118 valence electrons. The molecule has 4 rings (SSSR count). The standard InChI is InChI=1S/C18H20N4O/c23-18-20-15-11-14(10-13-4-2-1-3-5-13)12-16(17(15)21-18)22-8-6-19-7-9-22/h1-5,11-12,19H,6-10H2,(H2,20,21,23). The molecule has 0 spiro atoms. The molecule has 0 unspecified atom stereocenters. The predicted molar refractivity (Wildman–Crippen MR) is 93.3 cm³/mol. The minimum Gasteiger partial charge on any atom is -0.367 e. The molecule has 0 atom stereocenters. The summed E-state index contributed by atoms with van der Waals surface area (Å²) >= 11 is 0. The lowest BCUT2D eigenvalue weighted by Crippen LogP contribution is -2.43. The third-order valence-electron chi connectivity index (χ3n) is 4.37. The predicted octanol–water partition coefficient (Wildman–Crippen LogP) is 1.86. The van der Waals surface area contributed by atoms with Crippen LogP contribution in [0.15, 0.2) is 47.3 Å². The lowest BCUT2D eigenvalue weighted by molar-refractivity contribution is 0.590. The average molecular weight is 308 g/mol. The molecule has 0 amide bonds. The van der Waals surface area contributed by atoms with Crippen LogP contribution in [-0.4, -0.2) is 36.1 Å². The fourth-order valence-corrected chi connectivity index (χ4v) is 3.27. The van der Waals surface area contributed by atoms with Crippen LogP contribution < -0.4 is 15.9 Å². The first-order valence-electron chi connectivity index (χ1n) is 8.04. The van der Waals surface area contributed by atoms with Crippen LogP contribution in [0.1, 0.15) is 11.1 Å². The molecule has 3 aromatic rings. The van der Waals surface area contributed by atoms with Crippen molar-refractivity contribution < 1.29 is 0 Å². The average Bonchev–Trinajstić information content (AvgIpc) is 2.96. The van der Waals surface area contributed by atoms with Crippen molar-refractivity contribution in [2.45, 2.75) is 6.42 Å². The summed E-state index contributed by atoms with van der Waals surface area (Å²) in [7, 11) is 0. The fourth-order valence-electron chi connectivity index (χ4n) is 3.27. The van der Waals surface area contributed by atoms with Gasteiger partial charge in [-0.05, 0) is 29.7 Å².